The molecule has 1 aliphatic carbocycles. The van der Waals surface area contributed by atoms with Crippen LogP contribution in [0.5, 0.6) is 5.75 Å². The number of nitrogens with one attached hydrogen (secondary N) is 1. The van der Waals surface area contributed by atoms with Crippen LogP contribution in [0, 0.1) is 5.82 Å². The predicted molar refractivity (Wildman–Crippen MR) is 100 cm³/mol. The first-order chi connectivity index (χ1) is 12.6. The SMILES string of the molecule is O=C(CCN(Cc1ccccc1O)C1CCCC1)Nc1cccc(F)c1. The molecule has 2 aromatic carbocycles. The molecule has 0 saturated heterocycles. The molecule has 0 aliphatic heterocycles. The zero-order valence-corrected chi connectivity index (χ0v) is 14.8. The smallest absolute Gasteiger partial charge is 0.225 e. The Morgan fingerprint density at radius 3 is 2.65 bits per heavy atom. The van der Waals surface area contributed by atoms with Gasteiger partial charge in [0.15, 0.2) is 0 Å². The molecule has 0 radical (unpaired) electrons. The molecule has 1 fully saturated rings. The van der Waals surface area contributed by atoms with Gasteiger partial charge in [0.25, 0.3) is 0 Å². The minimum Gasteiger partial charge on any atom is -0.508 e. The number of nitrogens with zero attached hydrogens (tertiary/aromatic N) is 1. The number of phenols is 1. The summed E-state index contributed by atoms with van der Waals surface area (Å²) in [5.74, 6) is -0.203. The third-order valence-corrected chi connectivity index (χ3v) is 4.94. The number of hydrogen-bond acceptors (Lipinski definition) is 3. The van der Waals surface area contributed by atoms with Crippen molar-refractivity contribution >= 4 is 11.6 Å². The minimum atomic E-state index is -0.366. The van der Waals surface area contributed by atoms with E-state index in [1.165, 1.54) is 25.0 Å². The average Bonchev–Trinajstić information content (AvgIpc) is 3.14. The first-order valence-corrected chi connectivity index (χ1v) is 9.18. The van der Waals surface area contributed by atoms with Crippen molar-refractivity contribution in [1.29, 1.82) is 0 Å². The van der Waals surface area contributed by atoms with E-state index < -0.39 is 0 Å². The number of halogens is 1. The van der Waals surface area contributed by atoms with E-state index in [1.807, 2.05) is 18.2 Å². The van der Waals surface area contributed by atoms with Gasteiger partial charge in [-0.05, 0) is 37.1 Å². The molecule has 3 rings (SSSR count). The van der Waals surface area contributed by atoms with Crippen LogP contribution in [0.4, 0.5) is 10.1 Å². The third kappa shape index (κ3) is 5.05. The average molecular weight is 356 g/mol. The number of hydrogen-bond donors (Lipinski definition) is 2. The van der Waals surface area contributed by atoms with Gasteiger partial charge in [0.05, 0.1) is 0 Å². The minimum absolute atomic E-state index is 0.129. The largest absolute Gasteiger partial charge is 0.508 e. The molecule has 2 N–H and O–H groups in total. The maximum absolute atomic E-state index is 13.2. The van der Waals surface area contributed by atoms with Crippen molar-refractivity contribution < 1.29 is 14.3 Å². The van der Waals surface area contributed by atoms with Crippen LogP contribution >= 0.6 is 0 Å². The number of benzene rings is 2. The van der Waals surface area contributed by atoms with E-state index in [0.717, 1.165) is 18.4 Å². The van der Waals surface area contributed by atoms with Crippen molar-refractivity contribution in [2.75, 3.05) is 11.9 Å². The first-order valence-electron chi connectivity index (χ1n) is 9.18. The fourth-order valence-corrected chi connectivity index (χ4v) is 3.56. The Morgan fingerprint density at radius 1 is 1.15 bits per heavy atom. The van der Waals surface area contributed by atoms with E-state index in [0.29, 0.717) is 37.0 Å². The van der Waals surface area contributed by atoms with Crippen molar-refractivity contribution in [3.8, 4) is 5.75 Å². The van der Waals surface area contributed by atoms with Crippen LogP contribution in [-0.2, 0) is 11.3 Å². The van der Waals surface area contributed by atoms with Crippen molar-refractivity contribution in [3.05, 3.63) is 59.9 Å². The first kappa shape index (κ1) is 18.4. The van der Waals surface area contributed by atoms with Crippen LogP contribution in [0.3, 0.4) is 0 Å². The maximum atomic E-state index is 13.2. The number of carbonyl (C=O) groups excluding carboxylic acids is 1. The van der Waals surface area contributed by atoms with Crippen molar-refractivity contribution in [1.82, 2.24) is 4.90 Å². The van der Waals surface area contributed by atoms with Crippen LogP contribution in [-0.4, -0.2) is 28.5 Å². The van der Waals surface area contributed by atoms with Gasteiger partial charge in [-0.25, -0.2) is 4.39 Å². The number of anilines is 1. The van der Waals surface area contributed by atoms with E-state index in [2.05, 4.69) is 10.2 Å². The van der Waals surface area contributed by atoms with Gasteiger partial charge >= 0.3 is 0 Å². The summed E-state index contributed by atoms with van der Waals surface area (Å²) >= 11 is 0. The molecule has 0 unspecified atom stereocenters. The van der Waals surface area contributed by atoms with Gasteiger partial charge in [0.1, 0.15) is 11.6 Å². The standard InChI is InChI=1S/C21H25FN2O2/c22-17-7-5-8-18(14-17)23-21(26)12-13-24(19-9-2-3-10-19)15-16-6-1-4-11-20(16)25/h1,4-8,11,14,19,25H,2-3,9-10,12-13,15H2,(H,23,26). The molecule has 1 aliphatic rings. The lowest BCUT2D eigenvalue weighted by Gasteiger charge is -2.29. The molecular weight excluding hydrogens is 331 g/mol. The molecule has 138 valence electrons. The molecule has 0 spiro atoms. The number of carbonyl (C=O) groups is 1. The summed E-state index contributed by atoms with van der Waals surface area (Å²) in [4.78, 5) is 14.5. The number of phenolic OH excluding ortho intramolecular Hbond substituents is 1. The molecule has 0 aromatic heterocycles. The summed E-state index contributed by atoms with van der Waals surface area (Å²) in [6.07, 6.45) is 4.99. The van der Waals surface area contributed by atoms with Gasteiger partial charge in [-0.3, -0.25) is 9.69 Å². The quantitative estimate of drug-likeness (QED) is 0.777. The Hall–Kier alpha value is -2.40. The highest BCUT2D eigenvalue weighted by molar-refractivity contribution is 5.90. The van der Waals surface area contributed by atoms with Crippen LogP contribution in [0.2, 0.25) is 0 Å². The van der Waals surface area contributed by atoms with Gasteiger partial charge in [-0.2, -0.15) is 0 Å². The van der Waals surface area contributed by atoms with E-state index >= 15 is 0 Å². The highest BCUT2D eigenvalue weighted by atomic mass is 19.1. The molecule has 0 bridgehead atoms. The lowest BCUT2D eigenvalue weighted by Crippen LogP contribution is -2.35. The van der Waals surface area contributed by atoms with Crippen LogP contribution in [0.25, 0.3) is 0 Å². The van der Waals surface area contributed by atoms with Crippen molar-refractivity contribution in [3.63, 3.8) is 0 Å². The summed E-state index contributed by atoms with van der Waals surface area (Å²) in [6, 6.07) is 13.7. The summed E-state index contributed by atoms with van der Waals surface area (Å²) in [6.45, 7) is 1.24. The van der Waals surface area contributed by atoms with Crippen LogP contribution in [0.1, 0.15) is 37.7 Å². The van der Waals surface area contributed by atoms with E-state index in [4.69, 9.17) is 0 Å². The Bertz CT molecular complexity index is 744. The molecule has 1 saturated carbocycles. The maximum Gasteiger partial charge on any atom is 0.225 e. The van der Waals surface area contributed by atoms with Gasteiger partial charge in [0.2, 0.25) is 5.91 Å². The van der Waals surface area contributed by atoms with Crippen LogP contribution in [0.15, 0.2) is 48.5 Å². The summed E-state index contributed by atoms with van der Waals surface area (Å²) in [5.41, 5.74) is 1.35. The van der Waals surface area contributed by atoms with E-state index in [1.54, 1.807) is 18.2 Å². The molecule has 2 aromatic rings. The lowest BCUT2D eigenvalue weighted by molar-refractivity contribution is -0.116. The second-order valence-electron chi connectivity index (χ2n) is 6.85. The number of amides is 1. The van der Waals surface area contributed by atoms with E-state index in [9.17, 15) is 14.3 Å². The van der Waals surface area contributed by atoms with Gasteiger partial charge in [0, 0.05) is 36.8 Å². The highest BCUT2D eigenvalue weighted by Crippen LogP contribution is 2.27. The third-order valence-electron chi connectivity index (χ3n) is 4.94. The molecular formula is C21H25FN2O2. The molecule has 0 heterocycles. The van der Waals surface area contributed by atoms with Crippen molar-refractivity contribution in [2.24, 2.45) is 0 Å². The zero-order valence-electron chi connectivity index (χ0n) is 14.8. The fourth-order valence-electron chi connectivity index (χ4n) is 3.56. The number of aromatic hydroxyl groups is 1. The Labute approximate surface area is 153 Å². The van der Waals surface area contributed by atoms with E-state index in [-0.39, 0.29) is 11.7 Å². The predicted octanol–water partition coefficient (Wildman–Crippen LogP) is 4.30. The highest BCUT2D eigenvalue weighted by Gasteiger charge is 2.23. The van der Waals surface area contributed by atoms with Gasteiger partial charge in [-0.1, -0.05) is 37.1 Å². The fraction of sp³-hybridized carbons (Fsp3) is 0.381. The molecule has 1 amide bonds. The number of para-hydroxylation sites is 1. The zero-order chi connectivity index (χ0) is 18.4. The monoisotopic (exact) mass is 356 g/mol. The second kappa shape index (κ2) is 8.81. The Kier molecular flexibility index (Phi) is 6.23. The summed E-state index contributed by atoms with van der Waals surface area (Å²) < 4.78 is 13.2. The second-order valence-corrected chi connectivity index (χ2v) is 6.85. The normalized spacial score (nSPS) is 14.7. The van der Waals surface area contributed by atoms with Gasteiger partial charge in [-0.15, -0.1) is 0 Å². The summed E-state index contributed by atoms with van der Waals surface area (Å²) in [5, 5.41) is 12.8. The Morgan fingerprint density at radius 2 is 1.92 bits per heavy atom. The number of rotatable bonds is 7. The Balaban J connectivity index is 1.60. The molecule has 0 atom stereocenters. The van der Waals surface area contributed by atoms with Crippen molar-refractivity contribution in [2.45, 2.75) is 44.7 Å². The lowest BCUT2D eigenvalue weighted by atomic mass is 10.1. The summed E-state index contributed by atoms with van der Waals surface area (Å²) in [7, 11) is 0. The molecule has 26 heavy (non-hydrogen) atoms. The van der Waals surface area contributed by atoms with Crippen LogP contribution < -0.4 is 5.32 Å². The molecule has 5 heteroatoms. The molecule has 4 nitrogen and oxygen atoms in total. The topological polar surface area (TPSA) is 52.6 Å². The van der Waals surface area contributed by atoms with Gasteiger partial charge < -0.3 is 10.4 Å².